The van der Waals surface area contributed by atoms with E-state index in [0.717, 1.165) is 88.9 Å². The average molecular weight is 753 g/mol. The molecule has 9 heteroatoms. The number of aromatic nitrogens is 6. The van der Waals surface area contributed by atoms with Crippen molar-refractivity contribution in [2.75, 3.05) is 0 Å². The second-order valence-corrected chi connectivity index (χ2v) is 15.3. The maximum absolute atomic E-state index is 10.0. The van der Waals surface area contributed by atoms with Crippen LogP contribution in [0.5, 0.6) is 0 Å². The van der Waals surface area contributed by atoms with Gasteiger partial charge in [-0.3, -0.25) is 13.7 Å². The second-order valence-electron chi connectivity index (χ2n) is 15.3. The van der Waals surface area contributed by atoms with Crippen LogP contribution in [0.25, 0.3) is 88.4 Å². The number of fused-ring (bicyclic) bond motifs is 5. The van der Waals surface area contributed by atoms with Gasteiger partial charge in [-0.15, -0.1) is 0 Å². The Kier molecular flexibility index (Phi) is 8.07. The molecule has 4 aromatic heterocycles. The number of para-hydroxylation sites is 4. The van der Waals surface area contributed by atoms with E-state index in [0.29, 0.717) is 17.2 Å². The molecule has 0 bridgehead atoms. The highest BCUT2D eigenvalue weighted by Gasteiger charge is 2.24. The number of nitrogens with zero attached hydrogens (tertiary/aromatic N) is 8. The summed E-state index contributed by atoms with van der Waals surface area (Å²) in [6, 6.07) is 41.3. The molecule has 0 spiro atoms. The summed E-state index contributed by atoms with van der Waals surface area (Å²) in [4.78, 5) is 17.9. The Labute approximate surface area is 334 Å². The lowest BCUT2D eigenvalue weighted by atomic mass is 9.88. The topological polar surface area (TPSA) is 94.7 Å². The van der Waals surface area contributed by atoms with E-state index in [-0.39, 0.29) is 11.8 Å². The number of benzene rings is 6. The van der Waals surface area contributed by atoms with E-state index < -0.39 is 0 Å². The van der Waals surface area contributed by atoms with Crippen LogP contribution in [0.3, 0.4) is 0 Å². The molecule has 4 heterocycles. The normalized spacial score (nSPS) is 11.7. The predicted molar refractivity (Wildman–Crippen MR) is 230 cm³/mol. The standard InChI is InChI=1S/C49H36N8O/c1-29(2)37-21-33(22-38(30(3)4)47(37)55-26-35(25-50)54-49(55)32-11-10-12-34(19-32)51-5)31-17-18-46-39(20-31)40-23-36(56-27-52-41-13-6-8-15-43(41)56)24-45(48(40)58-46)57-28-53-42-14-7-9-16-44(42)57/h6-24,26-30H,1-4H3. The van der Waals surface area contributed by atoms with Gasteiger partial charge >= 0.3 is 0 Å². The van der Waals surface area contributed by atoms with Crippen LogP contribution in [0.15, 0.2) is 139 Å². The van der Waals surface area contributed by atoms with Gasteiger partial charge in [-0.1, -0.05) is 76.2 Å². The third-order valence-corrected chi connectivity index (χ3v) is 11.0. The summed E-state index contributed by atoms with van der Waals surface area (Å²) in [5.74, 6) is 0.913. The zero-order chi connectivity index (χ0) is 39.7. The molecule has 58 heavy (non-hydrogen) atoms. The monoisotopic (exact) mass is 752 g/mol. The molecular weight excluding hydrogens is 717 g/mol. The highest BCUT2D eigenvalue weighted by atomic mass is 16.3. The molecule has 9 nitrogen and oxygen atoms in total. The molecule has 0 aliphatic rings. The molecular formula is C49H36N8O. The Morgan fingerprint density at radius 2 is 1.36 bits per heavy atom. The maximum atomic E-state index is 10.0. The summed E-state index contributed by atoms with van der Waals surface area (Å²) in [5, 5.41) is 12.0. The first-order valence-corrected chi connectivity index (χ1v) is 19.3. The van der Waals surface area contributed by atoms with Gasteiger partial charge in [0.15, 0.2) is 17.0 Å². The third-order valence-electron chi connectivity index (χ3n) is 11.0. The molecule has 0 radical (unpaired) electrons. The molecule has 10 aromatic rings. The van der Waals surface area contributed by atoms with E-state index in [1.165, 1.54) is 0 Å². The fourth-order valence-corrected chi connectivity index (χ4v) is 8.19. The van der Waals surface area contributed by atoms with Crippen LogP contribution in [0, 0.1) is 17.9 Å². The van der Waals surface area contributed by atoms with E-state index in [9.17, 15) is 5.26 Å². The van der Waals surface area contributed by atoms with E-state index in [2.05, 4.69) is 102 Å². The molecule has 0 N–H and O–H groups in total. The fourth-order valence-electron chi connectivity index (χ4n) is 8.19. The van der Waals surface area contributed by atoms with E-state index in [4.69, 9.17) is 25.9 Å². The van der Waals surface area contributed by atoms with Crippen LogP contribution < -0.4 is 0 Å². The van der Waals surface area contributed by atoms with Gasteiger partial charge < -0.3 is 4.42 Å². The van der Waals surface area contributed by atoms with E-state index in [1.807, 2.05) is 78.0 Å². The second kappa shape index (κ2) is 13.5. The SMILES string of the molecule is [C-]#[N+]c1cccc(-c2nc(C#N)cn2-c2c(C(C)C)cc(-c3ccc4oc5c(-n6cnc7ccccc76)cc(-n6cnc7ccccc76)cc5c4c3)cc2C(C)C)c1. The summed E-state index contributed by atoms with van der Waals surface area (Å²) in [6.07, 6.45) is 5.56. The summed E-state index contributed by atoms with van der Waals surface area (Å²) in [6.45, 7) is 16.4. The molecule has 0 unspecified atom stereocenters. The van der Waals surface area contributed by atoms with Crippen LogP contribution in [-0.4, -0.2) is 28.7 Å². The largest absolute Gasteiger partial charge is 0.454 e. The predicted octanol–water partition coefficient (Wildman–Crippen LogP) is 12.5. The number of rotatable bonds is 7. The zero-order valence-corrected chi connectivity index (χ0v) is 32.3. The van der Waals surface area contributed by atoms with Crippen molar-refractivity contribution < 1.29 is 4.42 Å². The molecule has 6 aromatic carbocycles. The van der Waals surface area contributed by atoms with Crippen molar-refractivity contribution in [1.82, 2.24) is 28.7 Å². The van der Waals surface area contributed by atoms with Gasteiger partial charge in [0.2, 0.25) is 0 Å². The lowest BCUT2D eigenvalue weighted by Crippen LogP contribution is -2.08. The number of hydrogen-bond acceptors (Lipinski definition) is 5. The van der Waals surface area contributed by atoms with E-state index in [1.54, 1.807) is 6.07 Å². The fraction of sp³-hybridized carbons (Fsp3) is 0.122. The molecule has 0 amide bonds. The van der Waals surface area contributed by atoms with Crippen molar-refractivity contribution in [3.8, 4) is 45.6 Å². The summed E-state index contributed by atoms with van der Waals surface area (Å²) in [5.41, 5.74) is 14.3. The number of imidazole rings is 3. The highest BCUT2D eigenvalue weighted by Crippen LogP contribution is 2.42. The summed E-state index contributed by atoms with van der Waals surface area (Å²) >= 11 is 0. The quantitative estimate of drug-likeness (QED) is 0.151. The van der Waals surface area contributed by atoms with Crippen molar-refractivity contribution in [1.29, 1.82) is 5.26 Å². The van der Waals surface area contributed by atoms with Gasteiger partial charge in [0.1, 0.15) is 30.1 Å². The molecule has 0 saturated carbocycles. The third kappa shape index (κ3) is 5.56. The first kappa shape index (κ1) is 34.7. The van der Waals surface area contributed by atoms with Crippen LogP contribution >= 0.6 is 0 Å². The highest BCUT2D eigenvalue weighted by molar-refractivity contribution is 6.10. The Morgan fingerprint density at radius 3 is 2.05 bits per heavy atom. The minimum Gasteiger partial charge on any atom is -0.454 e. The number of furan rings is 1. The van der Waals surface area contributed by atoms with E-state index >= 15 is 0 Å². The Bertz CT molecular complexity index is 3310. The average Bonchev–Trinajstić information content (AvgIpc) is 4.06. The molecule has 0 fully saturated rings. The van der Waals surface area contributed by atoms with Crippen molar-refractivity contribution in [3.63, 3.8) is 0 Å². The van der Waals surface area contributed by atoms with Crippen molar-refractivity contribution in [2.24, 2.45) is 0 Å². The van der Waals surface area contributed by atoms with Crippen molar-refractivity contribution >= 4 is 49.7 Å². The van der Waals surface area contributed by atoms with Crippen LogP contribution in [0.4, 0.5) is 5.69 Å². The Balaban J connectivity index is 1.19. The number of hydrogen-bond donors (Lipinski definition) is 0. The first-order valence-electron chi connectivity index (χ1n) is 19.3. The Hall–Kier alpha value is -7.75. The van der Waals surface area contributed by atoms with Gasteiger partial charge in [0, 0.05) is 22.5 Å². The smallest absolute Gasteiger partial charge is 0.187 e. The van der Waals surface area contributed by atoms with Crippen LogP contribution in [0.1, 0.15) is 56.4 Å². The molecule has 278 valence electrons. The minimum absolute atomic E-state index is 0.140. The van der Waals surface area contributed by atoms with Gasteiger partial charge in [-0.05, 0) is 101 Å². The maximum Gasteiger partial charge on any atom is 0.187 e. The van der Waals surface area contributed by atoms with Gasteiger partial charge in [-0.25, -0.2) is 19.8 Å². The molecule has 0 aliphatic carbocycles. The van der Waals surface area contributed by atoms with Crippen LogP contribution in [0.2, 0.25) is 0 Å². The van der Waals surface area contributed by atoms with Gasteiger partial charge in [0.25, 0.3) is 0 Å². The van der Waals surface area contributed by atoms with Gasteiger partial charge in [-0.2, -0.15) is 5.26 Å². The molecule has 0 saturated heterocycles. The lowest BCUT2D eigenvalue weighted by Gasteiger charge is -2.23. The lowest BCUT2D eigenvalue weighted by molar-refractivity contribution is 0.665. The summed E-state index contributed by atoms with van der Waals surface area (Å²) in [7, 11) is 0. The molecule has 10 rings (SSSR count). The molecule has 0 aliphatic heterocycles. The Morgan fingerprint density at radius 1 is 0.672 bits per heavy atom. The van der Waals surface area contributed by atoms with Gasteiger partial charge in [0.05, 0.1) is 45.7 Å². The number of nitriles is 1. The van der Waals surface area contributed by atoms with Crippen LogP contribution in [-0.2, 0) is 0 Å². The van der Waals surface area contributed by atoms with Crippen molar-refractivity contribution in [2.45, 2.75) is 39.5 Å². The first-order chi connectivity index (χ1) is 28.3. The zero-order valence-electron chi connectivity index (χ0n) is 32.3. The summed E-state index contributed by atoms with van der Waals surface area (Å²) < 4.78 is 13.0. The molecule has 0 atom stereocenters. The van der Waals surface area contributed by atoms with Crippen molar-refractivity contribution in [3.05, 3.63) is 162 Å². The minimum atomic E-state index is 0.140.